The van der Waals surface area contributed by atoms with Gasteiger partial charge in [0.05, 0.1) is 0 Å². The van der Waals surface area contributed by atoms with Crippen molar-refractivity contribution in [3.8, 4) is 0 Å². The van der Waals surface area contributed by atoms with E-state index in [0.29, 0.717) is 0 Å². The summed E-state index contributed by atoms with van der Waals surface area (Å²) in [4.78, 5) is 2.74. The molecule has 17 heavy (non-hydrogen) atoms. The molecular formula is C16H35N. The highest BCUT2D eigenvalue weighted by Gasteiger charge is 2.18. The molecule has 1 nitrogen and oxygen atoms in total. The molecule has 0 heterocycles. The van der Waals surface area contributed by atoms with Crippen LogP contribution in [0.5, 0.6) is 0 Å². The van der Waals surface area contributed by atoms with Gasteiger partial charge in [-0.1, -0.05) is 60.8 Å². The lowest BCUT2D eigenvalue weighted by atomic mass is 10.0. The van der Waals surface area contributed by atoms with E-state index < -0.39 is 0 Å². The Labute approximate surface area is 110 Å². The van der Waals surface area contributed by atoms with Crippen molar-refractivity contribution < 1.29 is 0 Å². The monoisotopic (exact) mass is 241 g/mol. The first-order valence-corrected chi connectivity index (χ1v) is 7.75. The van der Waals surface area contributed by atoms with Gasteiger partial charge in [0.1, 0.15) is 0 Å². The smallest absolute Gasteiger partial charge is 0.00928 e. The standard InChI is InChI=1S/C16H35N/c1-7-9-10-11-16(8-2)17(12-14(3)4)13-15(5)6/h14-16H,7-13H2,1-6H3. The summed E-state index contributed by atoms with van der Waals surface area (Å²) in [6.45, 7) is 16.5. The van der Waals surface area contributed by atoms with Crippen molar-refractivity contribution in [3.05, 3.63) is 0 Å². The third kappa shape index (κ3) is 8.65. The van der Waals surface area contributed by atoms with Gasteiger partial charge in [0, 0.05) is 19.1 Å². The third-order valence-electron chi connectivity index (χ3n) is 3.33. The first-order valence-electron chi connectivity index (χ1n) is 7.75. The molecule has 0 saturated heterocycles. The van der Waals surface area contributed by atoms with Gasteiger partial charge >= 0.3 is 0 Å². The second-order valence-electron chi connectivity index (χ2n) is 6.30. The number of hydrogen-bond acceptors (Lipinski definition) is 1. The molecule has 0 bridgehead atoms. The van der Waals surface area contributed by atoms with Crippen LogP contribution in [-0.2, 0) is 0 Å². The minimum absolute atomic E-state index is 0.786. The Balaban J connectivity index is 4.27. The number of nitrogens with zero attached hydrogens (tertiary/aromatic N) is 1. The summed E-state index contributed by atoms with van der Waals surface area (Å²) < 4.78 is 0. The summed E-state index contributed by atoms with van der Waals surface area (Å²) in [5.74, 6) is 1.57. The van der Waals surface area contributed by atoms with Crippen LogP contribution in [0.3, 0.4) is 0 Å². The van der Waals surface area contributed by atoms with Crippen molar-refractivity contribution in [1.29, 1.82) is 0 Å². The zero-order valence-electron chi connectivity index (χ0n) is 13.1. The van der Waals surface area contributed by atoms with Gasteiger partial charge in [-0.25, -0.2) is 0 Å². The fraction of sp³-hybridized carbons (Fsp3) is 1.00. The summed E-state index contributed by atoms with van der Waals surface area (Å²) >= 11 is 0. The predicted octanol–water partition coefficient (Wildman–Crippen LogP) is 4.96. The first-order chi connectivity index (χ1) is 8.01. The van der Waals surface area contributed by atoms with Crippen LogP contribution in [0, 0.1) is 11.8 Å². The topological polar surface area (TPSA) is 3.24 Å². The summed E-state index contributed by atoms with van der Waals surface area (Å²) in [6, 6.07) is 0.811. The third-order valence-corrected chi connectivity index (χ3v) is 3.33. The number of rotatable bonds is 10. The largest absolute Gasteiger partial charge is 0.300 e. The summed E-state index contributed by atoms with van der Waals surface area (Å²) in [5, 5.41) is 0. The highest BCUT2D eigenvalue weighted by Crippen LogP contribution is 2.17. The average molecular weight is 241 g/mol. The van der Waals surface area contributed by atoms with E-state index in [-0.39, 0.29) is 0 Å². The summed E-state index contributed by atoms with van der Waals surface area (Å²) in [6.07, 6.45) is 6.84. The number of hydrogen-bond donors (Lipinski definition) is 0. The maximum Gasteiger partial charge on any atom is 0.00928 e. The fourth-order valence-electron chi connectivity index (χ4n) is 2.59. The van der Waals surface area contributed by atoms with Crippen LogP contribution in [0.15, 0.2) is 0 Å². The van der Waals surface area contributed by atoms with Gasteiger partial charge in [-0.3, -0.25) is 4.90 Å². The maximum absolute atomic E-state index is 2.74. The molecule has 0 saturated carbocycles. The molecule has 0 fully saturated rings. The van der Waals surface area contributed by atoms with Gasteiger partial charge in [0.2, 0.25) is 0 Å². The van der Waals surface area contributed by atoms with Crippen LogP contribution >= 0.6 is 0 Å². The Hall–Kier alpha value is -0.0400. The minimum Gasteiger partial charge on any atom is -0.300 e. The average Bonchev–Trinajstić information content (AvgIpc) is 2.22. The molecule has 0 amide bonds. The molecule has 0 aliphatic rings. The van der Waals surface area contributed by atoms with E-state index in [9.17, 15) is 0 Å². The Bertz CT molecular complexity index is 153. The van der Waals surface area contributed by atoms with Crippen molar-refractivity contribution in [2.24, 2.45) is 11.8 Å². The Morgan fingerprint density at radius 1 is 0.824 bits per heavy atom. The molecule has 104 valence electrons. The first kappa shape index (κ1) is 17.0. The van der Waals surface area contributed by atoms with Gasteiger partial charge in [0.25, 0.3) is 0 Å². The lowest BCUT2D eigenvalue weighted by Gasteiger charge is -2.34. The van der Waals surface area contributed by atoms with Crippen molar-refractivity contribution in [2.45, 2.75) is 79.7 Å². The van der Waals surface area contributed by atoms with Crippen LogP contribution in [0.4, 0.5) is 0 Å². The highest BCUT2D eigenvalue weighted by molar-refractivity contribution is 4.73. The van der Waals surface area contributed by atoms with Crippen LogP contribution < -0.4 is 0 Å². The lowest BCUT2D eigenvalue weighted by molar-refractivity contribution is 0.142. The molecule has 0 aliphatic carbocycles. The number of unbranched alkanes of at least 4 members (excludes halogenated alkanes) is 2. The maximum atomic E-state index is 2.74. The fourth-order valence-corrected chi connectivity index (χ4v) is 2.59. The molecule has 0 spiro atoms. The molecule has 0 aromatic rings. The molecule has 0 N–H and O–H groups in total. The van der Waals surface area contributed by atoms with E-state index in [1.54, 1.807) is 0 Å². The van der Waals surface area contributed by atoms with Gasteiger partial charge < -0.3 is 0 Å². The molecule has 1 atom stereocenters. The highest BCUT2D eigenvalue weighted by atomic mass is 15.2. The van der Waals surface area contributed by atoms with Crippen LogP contribution in [0.25, 0.3) is 0 Å². The van der Waals surface area contributed by atoms with Gasteiger partial charge in [-0.15, -0.1) is 0 Å². The van der Waals surface area contributed by atoms with Gasteiger partial charge in [-0.2, -0.15) is 0 Å². The summed E-state index contributed by atoms with van der Waals surface area (Å²) in [5.41, 5.74) is 0. The molecule has 1 heteroatoms. The minimum atomic E-state index is 0.786. The Morgan fingerprint density at radius 2 is 1.35 bits per heavy atom. The normalized spacial score (nSPS) is 13.9. The van der Waals surface area contributed by atoms with Gasteiger partial charge in [0.15, 0.2) is 0 Å². The lowest BCUT2D eigenvalue weighted by Crippen LogP contribution is -2.40. The zero-order chi connectivity index (χ0) is 13.3. The van der Waals surface area contributed by atoms with E-state index >= 15 is 0 Å². The Morgan fingerprint density at radius 3 is 1.71 bits per heavy atom. The van der Waals surface area contributed by atoms with E-state index in [2.05, 4.69) is 46.4 Å². The second-order valence-corrected chi connectivity index (χ2v) is 6.30. The molecule has 0 radical (unpaired) electrons. The molecule has 0 aromatic heterocycles. The molecule has 1 unspecified atom stereocenters. The van der Waals surface area contributed by atoms with Crippen molar-refractivity contribution >= 4 is 0 Å². The van der Waals surface area contributed by atoms with E-state index in [4.69, 9.17) is 0 Å². The van der Waals surface area contributed by atoms with E-state index in [1.165, 1.54) is 45.2 Å². The molecule has 0 aliphatic heterocycles. The van der Waals surface area contributed by atoms with E-state index in [0.717, 1.165) is 17.9 Å². The Kier molecular flexibility index (Phi) is 9.91. The van der Waals surface area contributed by atoms with Crippen LogP contribution in [0.1, 0.15) is 73.6 Å². The van der Waals surface area contributed by atoms with E-state index in [1.807, 2.05) is 0 Å². The van der Waals surface area contributed by atoms with Gasteiger partial charge in [-0.05, 0) is 24.7 Å². The second kappa shape index (κ2) is 9.94. The molecule has 0 aromatic carbocycles. The molecule has 0 rings (SSSR count). The molecular weight excluding hydrogens is 206 g/mol. The predicted molar refractivity (Wildman–Crippen MR) is 79.5 cm³/mol. The van der Waals surface area contributed by atoms with Crippen LogP contribution in [-0.4, -0.2) is 24.0 Å². The van der Waals surface area contributed by atoms with Crippen molar-refractivity contribution in [2.75, 3.05) is 13.1 Å². The summed E-state index contributed by atoms with van der Waals surface area (Å²) in [7, 11) is 0. The SMILES string of the molecule is CCCCCC(CC)N(CC(C)C)CC(C)C. The van der Waals surface area contributed by atoms with Crippen molar-refractivity contribution in [1.82, 2.24) is 4.90 Å². The zero-order valence-corrected chi connectivity index (χ0v) is 13.1. The van der Waals surface area contributed by atoms with Crippen molar-refractivity contribution in [3.63, 3.8) is 0 Å². The van der Waals surface area contributed by atoms with Crippen LogP contribution in [0.2, 0.25) is 0 Å². The quantitative estimate of drug-likeness (QED) is 0.489.